The molecule has 0 aliphatic carbocycles. The third-order valence-electron chi connectivity index (χ3n) is 7.17. The van der Waals surface area contributed by atoms with Crippen molar-refractivity contribution in [1.82, 2.24) is 10.2 Å². The predicted octanol–water partition coefficient (Wildman–Crippen LogP) is 6.86. The molecule has 2 amide bonds. The van der Waals surface area contributed by atoms with Gasteiger partial charge in [-0.05, 0) is 79.4 Å². The van der Waals surface area contributed by atoms with E-state index in [0.29, 0.717) is 17.7 Å². The fourth-order valence-corrected chi connectivity index (χ4v) is 5.09. The minimum atomic E-state index is -2.72. The molecule has 3 aromatic rings. The number of nitrogens with one attached hydrogen (secondary N) is 1. The second kappa shape index (κ2) is 11.1. The molecule has 3 aromatic carbocycles. The Bertz CT molecular complexity index is 1420. The van der Waals surface area contributed by atoms with Gasteiger partial charge in [0.1, 0.15) is 23.3 Å². The number of halogens is 3. The maximum Gasteiger partial charge on any atom is 0.407 e. The van der Waals surface area contributed by atoms with Crippen LogP contribution in [0.15, 0.2) is 60.7 Å². The van der Waals surface area contributed by atoms with E-state index >= 15 is 0 Å². The van der Waals surface area contributed by atoms with Crippen molar-refractivity contribution in [3.05, 3.63) is 77.6 Å². The first-order chi connectivity index (χ1) is 19.4. The Kier molecular flexibility index (Phi) is 7.72. The molecule has 1 saturated heterocycles. The van der Waals surface area contributed by atoms with Crippen LogP contribution < -0.4 is 10.1 Å². The molecule has 41 heavy (non-hydrogen) atoms. The maximum atomic E-state index is 13.7. The summed E-state index contributed by atoms with van der Waals surface area (Å²) in [5.74, 6) is -2.66. The van der Waals surface area contributed by atoms with Gasteiger partial charge in [-0.2, -0.15) is 0 Å². The molecule has 9 heteroatoms. The van der Waals surface area contributed by atoms with Gasteiger partial charge < -0.3 is 19.7 Å². The van der Waals surface area contributed by atoms with E-state index in [-0.39, 0.29) is 50.3 Å². The van der Waals surface area contributed by atoms with Crippen molar-refractivity contribution in [1.29, 1.82) is 0 Å². The molecule has 2 aliphatic heterocycles. The van der Waals surface area contributed by atoms with Gasteiger partial charge in [-0.1, -0.05) is 24.3 Å². The number of hydrogen-bond donors (Lipinski definition) is 1. The molecule has 1 atom stereocenters. The highest BCUT2D eigenvalue weighted by molar-refractivity contribution is 5.95. The summed E-state index contributed by atoms with van der Waals surface area (Å²) >= 11 is 0. The van der Waals surface area contributed by atoms with Crippen LogP contribution in [-0.2, 0) is 11.2 Å². The van der Waals surface area contributed by atoms with Crippen LogP contribution in [0.3, 0.4) is 0 Å². The van der Waals surface area contributed by atoms with Crippen molar-refractivity contribution in [3.8, 4) is 28.0 Å². The monoisotopic (exact) mass is 566 g/mol. The highest BCUT2D eigenvalue weighted by Crippen LogP contribution is 2.42. The minimum Gasteiger partial charge on any atom is -0.487 e. The van der Waals surface area contributed by atoms with Crippen molar-refractivity contribution >= 4 is 12.0 Å². The summed E-state index contributed by atoms with van der Waals surface area (Å²) in [5.41, 5.74) is 4.06. The van der Waals surface area contributed by atoms with Crippen LogP contribution in [-0.4, -0.2) is 54.2 Å². The SMILES string of the molecule is CC(C)(C)OC(=O)NCC1Cc2cc(-c3ccc(C(=O)N4CCC(F)(F)CC4)cc3)cc(-c3ccc(F)cc3)c2O1. The standard InChI is InChI=1S/C32H33F3N2O4/c1-31(2,3)41-30(39)36-19-26-17-24-16-23(18-27(28(24)40-26)21-8-10-25(33)11-9-21)20-4-6-22(7-5-20)29(38)37-14-12-32(34,35)13-15-37/h4-11,16,18,26H,12-15,17,19H2,1-3H3,(H,36,39). The molecule has 216 valence electrons. The number of alkyl carbamates (subject to hydrolysis) is 1. The number of hydrogen-bond acceptors (Lipinski definition) is 4. The summed E-state index contributed by atoms with van der Waals surface area (Å²) in [6, 6.07) is 17.2. The third kappa shape index (κ3) is 6.84. The van der Waals surface area contributed by atoms with Crippen molar-refractivity contribution in [3.63, 3.8) is 0 Å². The Balaban J connectivity index is 1.38. The number of piperidine rings is 1. The van der Waals surface area contributed by atoms with E-state index < -0.39 is 17.6 Å². The molecular weight excluding hydrogens is 533 g/mol. The molecule has 0 aromatic heterocycles. The summed E-state index contributed by atoms with van der Waals surface area (Å²) in [6.45, 7) is 5.70. The smallest absolute Gasteiger partial charge is 0.407 e. The van der Waals surface area contributed by atoms with Crippen LogP contribution in [0.4, 0.5) is 18.0 Å². The first kappa shape index (κ1) is 28.5. The van der Waals surface area contributed by atoms with Gasteiger partial charge in [-0.3, -0.25) is 4.79 Å². The first-order valence-corrected chi connectivity index (χ1v) is 13.7. The number of likely N-dealkylation sites (tertiary alicyclic amines) is 1. The molecule has 0 bridgehead atoms. The van der Waals surface area contributed by atoms with E-state index in [1.807, 2.05) is 24.3 Å². The Labute approximate surface area is 237 Å². The summed E-state index contributed by atoms with van der Waals surface area (Å²) in [5, 5.41) is 2.76. The fraction of sp³-hybridized carbons (Fsp3) is 0.375. The van der Waals surface area contributed by atoms with Gasteiger partial charge in [0.2, 0.25) is 0 Å². The lowest BCUT2D eigenvalue weighted by molar-refractivity contribution is -0.0494. The Morgan fingerprint density at radius 2 is 1.61 bits per heavy atom. The van der Waals surface area contributed by atoms with Gasteiger partial charge in [0, 0.05) is 43.5 Å². The van der Waals surface area contributed by atoms with Gasteiger partial charge in [0.15, 0.2) is 0 Å². The Hall–Kier alpha value is -4.01. The van der Waals surface area contributed by atoms with Gasteiger partial charge in [-0.15, -0.1) is 0 Å². The van der Waals surface area contributed by atoms with Crippen LogP contribution in [0.25, 0.3) is 22.3 Å². The van der Waals surface area contributed by atoms with Gasteiger partial charge in [0.25, 0.3) is 11.8 Å². The van der Waals surface area contributed by atoms with Crippen molar-refractivity contribution < 1.29 is 32.2 Å². The zero-order valence-corrected chi connectivity index (χ0v) is 23.3. The first-order valence-electron chi connectivity index (χ1n) is 13.7. The van der Waals surface area contributed by atoms with Crippen LogP contribution in [0.5, 0.6) is 5.75 Å². The molecule has 0 radical (unpaired) electrons. The highest BCUT2D eigenvalue weighted by atomic mass is 19.3. The number of fused-ring (bicyclic) bond motifs is 1. The average molecular weight is 567 g/mol. The second-order valence-electron chi connectivity index (χ2n) is 11.6. The highest BCUT2D eigenvalue weighted by Gasteiger charge is 2.36. The topological polar surface area (TPSA) is 67.9 Å². The van der Waals surface area contributed by atoms with E-state index in [0.717, 1.165) is 27.8 Å². The number of alkyl halides is 2. The van der Waals surface area contributed by atoms with Crippen LogP contribution in [0, 0.1) is 5.82 Å². The van der Waals surface area contributed by atoms with E-state index in [2.05, 4.69) is 5.32 Å². The van der Waals surface area contributed by atoms with E-state index in [1.165, 1.54) is 17.0 Å². The van der Waals surface area contributed by atoms with Crippen molar-refractivity contribution in [2.24, 2.45) is 0 Å². The molecule has 5 rings (SSSR count). The van der Waals surface area contributed by atoms with Gasteiger partial charge in [0.05, 0.1) is 6.54 Å². The van der Waals surface area contributed by atoms with E-state index in [1.54, 1.807) is 45.0 Å². The molecule has 0 spiro atoms. The molecule has 1 N–H and O–H groups in total. The quantitative estimate of drug-likeness (QED) is 0.367. The van der Waals surface area contributed by atoms with E-state index in [9.17, 15) is 22.8 Å². The van der Waals surface area contributed by atoms with E-state index in [4.69, 9.17) is 9.47 Å². The fourth-order valence-electron chi connectivity index (χ4n) is 5.09. The van der Waals surface area contributed by atoms with Crippen LogP contribution >= 0.6 is 0 Å². The summed E-state index contributed by atoms with van der Waals surface area (Å²) in [6.07, 6.45) is -0.944. The van der Waals surface area contributed by atoms with Gasteiger partial charge in [-0.25, -0.2) is 18.0 Å². The summed E-state index contributed by atoms with van der Waals surface area (Å²) < 4.78 is 52.3. The number of carbonyl (C=O) groups excluding carboxylic acids is 2. The minimum absolute atomic E-state index is 0.0311. The molecule has 1 unspecified atom stereocenters. The zero-order chi connectivity index (χ0) is 29.4. The Morgan fingerprint density at radius 1 is 0.976 bits per heavy atom. The molecule has 2 heterocycles. The molecule has 1 fully saturated rings. The molecule has 2 aliphatic rings. The molecule has 0 saturated carbocycles. The lowest BCUT2D eigenvalue weighted by Gasteiger charge is -2.31. The Morgan fingerprint density at radius 3 is 2.24 bits per heavy atom. The maximum absolute atomic E-state index is 13.7. The lowest BCUT2D eigenvalue weighted by Crippen LogP contribution is -2.42. The number of amides is 2. The number of ether oxygens (including phenoxy) is 2. The normalized spacial score (nSPS) is 17.9. The lowest BCUT2D eigenvalue weighted by atomic mass is 9.93. The number of carbonyl (C=O) groups is 2. The van der Waals surface area contributed by atoms with Crippen LogP contribution in [0.1, 0.15) is 49.5 Å². The zero-order valence-electron chi connectivity index (χ0n) is 23.3. The number of rotatable bonds is 5. The van der Waals surface area contributed by atoms with Crippen LogP contribution in [0.2, 0.25) is 0 Å². The summed E-state index contributed by atoms with van der Waals surface area (Å²) in [7, 11) is 0. The van der Waals surface area contributed by atoms with Gasteiger partial charge >= 0.3 is 6.09 Å². The number of nitrogens with zero attached hydrogens (tertiary/aromatic N) is 1. The molecule has 6 nitrogen and oxygen atoms in total. The van der Waals surface area contributed by atoms with Crippen molar-refractivity contribution in [2.45, 2.75) is 57.7 Å². The second-order valence-corrected chi connectivity index (χ2v) is 11.6. The summed E-state index contributed by atoms with van der Waals surface area (Å²) in [4.78, 5) is 26.5. The predicted molar refractivity (Wildman–Crippen MR) is 150 cm³/mol. The van der Waals surface area contributed by atoms with Crippen molar-refractivity contribution in [2.75, 3.05) is 19.6 Å². The molecular formula is C32H33F3N2O4. The third-order valence-corrected chi connectivity index (χ3v) is 7.17. The largest absolute Gasteiger partial charge is 0.487 e. The average Bonchev–Trinajstić information content (AvgIpc) is 3.34. The number of benzene rings is 3.